The second kappa shape index (κ2) is 13.8. The van der Waals surface area contributed by atoms with Crippen LogP contribution in [0.4, 0.5) is 13.2 Å². The van der Waals surface area contributed by atoms with Crippen LogP contribution in [-0.4, -0.2) is 69.8 Å². The van der Waals surface area contributed by atoms with E-state index in [0.717, 1.165) is 9.36 Å². The lowest BCUT2D eigenvalue weighted by molar-refractivity contribution is -0.221. The maximum atomic E-state index is 14.1. The molecule has 0 spiro atoms. The molecule has 47 heavy (non-hydrogen) atoms. The highest BCUT2D eigenvalue weighted by Gasteiger charge is 2.44. The van der Waals surface area contributed by atoms with Gasteiger partial charge < -0.3 is 15.2 Å². The van der Waals surface area contributed by atoms with Gasteiger partial charge in [-0.1, -0.05) is 23.2 Å². The molecule has 14 nitrogen and oxygen atoms in total. The predicted octanol–water partition coefficient (Wildman–Crippen LogP) is 3.51. The number of nitrogens with zero attached hydrogens (tertiary/aromatic N) is 7. The summed E-state index contributed by atoms with van der Waals surface area (Å²) in [6.07, 6.45) is -5.55. The fourth-order valence-corrected chi connectivity index (χ4v) is 4.27. The molecule has 0 saturated heterocycles. The Morgan fingerprint density at radius 3 is 2.28 bits per heavy atom. The van der Waals surface area contributed by atoms with E-state index in [-0.39, 0.29) is 28.1 Å². The normalized spacial score (nSPS) is 12.7. The zero-order chi connectivity index (χ0) is 34.7. The summed E-state index contributed by atoms with van der Waals surface area (Å²) in [5, 5.41) is 8.72. The average molecular weight is 697 g/mol. The van der Waals surface area contributed by atoms with E-state index in [1.807, 2.05) is 0 Å². The van der Waals surface area contributed by atoms with Crippen molar-refractivity contribution in [3.8, 4) is 17.2 Å². The molecule has 1 aromatic carbocycles. The number of benzene rings is 1. The second-order valence-corrected chi connectivity index (χ2v) is 11.5. The van der Waals surface area contributed by atoms with Crippen LogP contribution in [0.3, 0.4) is 0 Å². The molecule has 0 radical (unpaired) electrons. The first-order chi connectivity index (χ1) is 21.9. The Bertz CT molecular complexity index is 1900. The van der Waals surface area contributed by atoms with Crippen LogP contribution in [0.1, 0.15) is 37.2 Å². The Morgan fingerprint density at radius 2 is 1.68 bits per heavy atom. The van der Waals surface area contributed by atoms with Crippen molar-refractivity contribution in [1.82, 2.24) is 34.1 Å². The van der Waals surface area contributed by atoms with Crippen LogP contribution in [0.25, 0.3) is 17.2 Å². The number of carbonyl (C=O) groups excluding carboxylic acids is 3. The molecule has 0 aliphatic carbocycles. The Balaban J connectivity index is 1.71. The minimum Gasteiger partial charge on any atom is -0.457 e. The minimum atomic E-state index is -5.16. The van der Waals surface area contributed by atoms with Gasteiger partial charge in [0.1, 0.15) is 12.1 Å². The average Bonchev–Trinajstić information content (AvgIpc) is 3.52. The molecule has 0 aliphatic heterocycles. The van der Waals surface area contributed by atoms with Gasteiger partial charge in [0.05, 0.1) is 11.6 Å². The molecule has 1 amide bonds. The van der Waals surface area contributed by atoms with Crippen molar-refractivity contribution >= 4 is 41.0 Å². The lowest BCUT2D eigenvalue weighted by Gasteiger charge is -2.21. The van der Waals surface area contributed by atoms with E-state index < -0.39 is 60.3 Å². The molecule has 248 valence electrons. The fourth-order valence-electron chi connectivity index (χ4n) is 3.94. The first-order valence-corrected chi connectivity index (χ1v) is 14.2. The van der Waals surface area contributed by atoms with Crippen LogP contribution in [0.5, 0.6) is 0 Å². The highest BCUT2D eigenvalue weighted by Crippen LogP contribution is 2.27. The molecule has 4 rings (SSSR count). The number of ether oxygens (including phenoxy) is 2. The maximum absolute atomic E-state index is 14.1. The molecular weight excluding hydrogens is 672 g/mol. The van der Waals surface area contributed by atoms with Crippen molar-refractivity contribution in [2.75, 3.05) is 0 Å². The van der Waals surface area contributed by atoms with E-state index in [9.17, 15) is 32.3 Å². The Morgan fingerprint density at radius 1 is 1.02 bits per heavy atom. The first-order valence-electron chi connectivity index (χ1n) is 13.4. The van der Waals surface area contributed by atoms with Crippen LogP contribution in [-0.2, 0) is 32.2 Å². The summed E-state index contributed by atoms with van der Waals surface area (Å²) >= 11 is 12.1. The van der Waals surface area contributed by atoms with E-state index in [2.05, 4.69) is 24.9 Å². The summed E-state index contributed by atoms with van der Waals surface area (Å²) in [4.78, 5) is 57.9. The molecule has 0 aliphatic rings. The Labute approximate surface area is 273 Å². The summed E-state index contributed by atoms with van der Waals surface area (Å²) in [6.45, 7) is 2.90. The quantitative estimate of drug-likeness (QED) is 0.190. The van der Waals surface area contributed by atoms with Gasteiger partial charge in [-0.2, -0.15) is 17.9 Å². The van der Waals surface area contributed by atoms with E-state index in [0.29, 0.717) is 21.7 Å². The van der Waals surface area contributed by atoms with Crippen molar-refractivity contribution < 1.29 is 37.0 Å². The third-order valence-corrected chi connectivity index (χ3v) is 6.41. The third-order valence-electron chi connectivity index (χ3n) is 5.86. The summed E-state index contributed by atoms with van der Waals surface area (Å²) < 4.78 is 54.3. The van der Waals surface area contributed by atoms with Crippen LogP contribution in [0.15, 0.2) is 59.5 Å². The summed E-state index contributed by atoms with van der Waals surface area (Å²) in [7, 11) is 0. The third kappa shape index (κ3) is 8.82. The number of nitrogens with two attached hydrogens (primary N) is 1. The van der Waals surface area contributed by atoms with Gasteiger partial charge in [0.25, 0.3) is 5.91 Å². The number of hydrogen-bond acceptors (Lipinski definition) is 10. The van der Waals surface area contributed by atoms with E-state index in [4.69, 9.17) is 33.7 Å². The number of esters is 2. The molecule has 1 atom stereocenters. The molecule has 2 N–H and O–H groups in total. The second-order valence-electron chi connectivity index (χ2n) is 10.7. The van der Waals surface area contributed by atoms with Crippen molar-refractivity contribution in [1.29, 1.82) is 0 Å². The molecular formula is C28H25Cl2F3N8O6. The number of aromatic nitrogens is 7. The number of primary amides is 1. The zero-order valence-corrected chi connectivity index (χ0v) is 26.2. The number of alkyl halides is 3. The zero-order valence-electron chi connectivity index (χ0n) is 24.7. The Hall–Kier alpha value is -5.03. The van der Waals surface area contributed by atoms with Gasteiger partial charge in [0, 0.05) is 28.9 Å². The van der Waals surface area contributed by atoms with Crippen LogP contribution < -0.4 is 11.4 Å². The van der Waals surface area contributed by atoms with Crippen molar-refractivity contribution in [3.05, 3.63) is 86.9 Å². The van der Waals surface area contributed by atoms with Gasteiger partial charge in [-0.25, -0.2) is 29.0 Å². The SMILES string of the molecule is CC(C)(C)OC(=O)/C=C/C(=O)O[C@@H](Cn1c(-c2ccc(Cl)cc2)nn(Cc2nc(C(N)=O)n(-c3ncccc3Cl)n2)c1=O)C(F)(F)F. The van der Waals surface area contributed by atoms with E-state index in [1.54, 1.807) is 20.8 Å². The van der Waals surface area contributed by atoms with Gasteiger partial charge >= 0.3 is 23.8 Å². The molecule has 4 aromatic rings. The highest BCUT2D eigenvalue weighted by atomic mass is 35.5. The Kier molecular flexibility index (Phi) is 10.2. The number of rotatable bonds is 10. The number of amides is 1. The maximum Gasteiger partial charge on any atom is 0.427 e. The fraction of sp³-hybridized carbons (Fsp3) is 0.286. The molecule has 0 saturated carbocycles. The lowest BCUT2D eigenvalue weighted by Crippen LogP contribution is -2.40. The molecule has 0 bridgehead atoms. The number of halogens is 5. The number of hydrogen-bond donors (Lipinski definition) is 1. The van der Waals surface area contributed by atoms with Crippen molar-refractivity contribution in [2.45, 2.75) is 51.7 Å². The summed E-state index contributed by atoms with van der Waals surface area (Å²) in [5.74, 6) is -4.37. The smallest absolute Gasteiger partial charge is 0.427 e. The van der Waals surface area contributed by atoms with E-state index in [1.165, 1.54) is 42.6 Å². The van der Waals surface area contributed by atoms with Crippen LogP contribution in [0, 0.1) is 0 Å². The predicted molar refractivity (Wildman–Crippen MR) is 160 cm³/mol. The molecule has 19 heteroatoms. The van der Waals surface area contributed by atoms with Gasteiger partial charge in [0.15, 0.2) is 17.5 Å². The van der Waals surface area contributed by atoms with Gasteiger partial charge in [-0.05, 0) is 57.2 Å². The minimum absolute atomic E-state index is 0.00278. The number of pyridine rings is 1. The van der Waals surface area contributed by atoms with Crippen LogP contribution in [0.2, 0.25) is 10.0 Å². The molecule has 3 aromatic heterocycles. The lowest BCUT2D eigenvalue weighted by atomic mass is 10.2. The van der Waals surface area contributed by atoms with Gasteiger partial charge in [-0.15, -0.1) is 10.2 Å². The standard InChI is InChI=1S/C28H25Cl2F3N8O6/c1-27(2,3)47-21(43)11-10-20(42)46-18(28(31,32)33)13-39-23(15-6-8-16(29)9-7-15)38-40(26(39)45)14-19-36-25(22(34)44)41(37-19)24-17(30)5-4-12-35-24/h4-12,18H,13-14H2,1-3H3,(H2,34,44)/b11-10+/t18-/m0/s1. The van der Waals surface area contributed by atoms with E-state index >= 15 is 0 Å². The van der Waals surface area contributed by atoms with Crippen LogP contribution >= 0.6 is 23.2 Å². The van der Waals surface area contributed by atoms with Gasteiger partial charge in [0.2, 0.25) is 11.9 Å². The summed E-state index contributed by atoms with van der Waals surface area (Å²) in [5.41, 5.74) is 3.62. The van der Waals surface area contributed by atoms with Crippen molar-refractivity contribution in [2.24, 2.45) is 5.73 Å². The largest absolute Gasteiger partial charge is 0.457 e. The summed E-state index contributed by atoms with van der Waals surface area (Å²) in [6, 6.07) is 8.66. The highest BCUT2D eigenvalue weighted by molar-refractivity contribution is 6.32. The monoisotopic (exact) mass is 696 g/mol. The molecule has 0 fully saturated rings. The van der Waals surface area contributed by atoms with Crippen molar-refractivity contribution in [3.63, 3.8) is 0 Å². The van der Waals surface area contributed by atoms with Gasteiger partial charge in [-0.3, -0.25) is 9.36 Å². The number of carbonyl (C=O) groups is 3. The molecule has 3 heterocycles. The first kappa shape index (κ1) is 34.8. The topological polar surface area (TPSA) is 179 Å². The molecule has 0 unspecified atom stereocenters.